The second kappa shape index (κ2) is 6.97. The molecule has 2 amide bonds. The number of hydrogen-bond acceptors (Lipinski definition) is 3. The second-order valence-corrected chi connectivity index (χ2v) is 5.26. The molecule has 0 spiro atoms. The summed E-state index contributed by atoms with van der Waals surface area (Å²) in [7, 11) is 0. The third kappa shape index (κ3) is 5.78. The number of amides is 2. The zero-order valence-corrected chi connectivity index (χ0v) is 12.1. The van der Waals surface area contributed by atoms with Gasteiger partial charge in [-0.3, -0.25) is 9.69 Å². The standard InChI is InChI=1S/C12H20F3N3O3/c1-9(2)16-3-5-17(6-4-16)11(21)18(7-10(19)20)8-12(13,14)15/h9H,3-8H2,1-2H3,(H,19,20). The molecule has 0 aromatic rings. The first-order chi connectivity index (χ1) is 9.60. The molecule has 9 heteroatoms. The number of aliphatic carboxylic acids is 1. The van der Waals surface area contributed by atoms with Crippen LogP contribution in [0.4, 0.5) is 18.0 Å². The Balaban J connectivity index is 2.66. The van der Waals surface area contributed by atoms with Gasteiger partial charge in [-0.05, 0) is 13.8 Å². The molecule has 0 aromatic heterocycles. The number of carbonyl (C=O) groups is 2. The van der Waals surface area contributed by atoms with Gasteiger partial charge in [-0.25, -0.2) is 4.79 Å². The van der Waals surface area contributed by atoms with Gasteiger partial charge in [0.1, 0.15) is 13.1 Å². The molecular weight excluding hydrogens is 291 g/mol. The smallest absolute Gasteiger partial charge is 0.406 e. The fourth-order valence-corrected chi connectivity index (χ4v) is 2.20. The Morgan fingerprint density at radius 3 is 2.10 bits per heavy atom. The third-order valence-electron chi connectivity index (χ3n) is 3.28. The Bertz CT molecular complexity index is 380. The molecule has 1 heterocycles. The number of carbonyl (C=O) groups excluding carboxylic acids is 1. The number of halogens is 3. The summed E-state index contributed by atoms with van der Waals surface area (Å²) < 4.78 is 37.3. The zero-order valence-electron chi connectivity index (χ0n) is 12.1. The molecular formula is C12H20F3N3O3. The second-order valence-electron chi connectivity index (χ2n) is 5.26. The highest BCUT2D eigenvalue weighted by Crippen LogP contribution is 2.18. The van der Waals surface area contributed by atoms with Crippen LogP contribution in [-0.4, -0.2) is 83.3 Å². The molecule has 1 N–H and O–H groups in total. The molecule has 0 unspecified atom stereocenters. The van der Waals surface area contributed by atoms with Crippen molar-refractivity contribution >= 4 is 12.0 Å². The van der Waals surface area contributed by atoms with E-state index < -0.39 is 31.3 Å². The van der Waals surface area contributed by atoms with Crippen molar-refractivity contribution in [2.75, 3.05) is 39.3 Å². The largest absolute Gasteiger partial charge is 0.480 e. The summed E-state index contributed by atoms with van der Waals surface area (Å²) in [6.45, 7) is 3.21. The van der Waals surface area contributed by atoms with E-state index in [9.17, 15) is 22.8 Å². The Morgan fingerprint density at radius 1 is 1.19 bits per heavy atom. The maximum atomic E-state index is 12.4. The minimum Gasteiger partial charge on any atom is -0.480 e. The number of urea groups is 1. The fraction of sp³-hybridized carbons (Fsp3) is 0.833. The van der Waals surface area contributed by atoms with Gasteiger partial charge in [0.2, 0.25) is 0 Å². The molecule has 6 nitrogen and oxygen atoms in total. The lowest BCUT2D eigenvalue weighted by Crippen LogP contribution is -2.56. The zero-order chi connectivity index (χ0) is 16.2. The van der Waals surface area contributed by atoms with E-state index in [2.05, 4.69) is 4.90 Å². The highest BCUT2D eigenvalue weighted by molar-refractivity contribution is 5.80. The average Bonchev–Trinajstić information content (AvgIpc) is 2.35. The van der Waals surface area contributed by atoms with Crippen LogP contribution in [0.15, 0.2) is 0 Å². The van der Waals surface area contributed by atoms with E-state index in [-0.39, 0.29) is 0 Å². The lowest BCUT2D eigenvalue weighted by Gasteiger charge is -2.38. The summed E-state index contributed by atoms with van der Waals surface area (Å²) in [6.07, 6.45) is -4.62. The third-order valence-corrected chi connectivity index (χ3v) is 3.28. The van der Waals surface area contributed by atoms with Gasteiger partial charge in [-0.2, -0.15) is 13.2 Å². The quantitative estimate of drug-likeness (QED) is 0.844. The summed E-state index contributed by atoms with van der Waals surface area (Å²) >= 11 is 0. The van der Waals surface area contributed by atoms with Crippen LogP contribution in [0.5, 0.6) is 0 Å². The fourth-order valence-electron chi connectivity index (χ4n) is 2.20. The Kier molecular flexibility index (Phi) is 5.82. The van der Waals surface area contributed by atoms with Crippen molar-refractivity contribution in [1.29, 1.82) is 0 Å². The summed E-state index contributed by atoms with van der Waals surface area (Å²) in [4.78, 5) is 26.4. The molecule has 0 aromatic carbocycles. The van der Waals surface area contributed by atoms with E-state index in [1.165, 1.54) is 4.90 Å². The minimum atomic E-state index is -4.62. The molecule has 122 valence electrons. The number of carboxylic acid groups (broad SMARTS) is 1. The number of rotatable bonds is 4. The number of carboxylic acids is 1. The molecule has 1 saturated heterocycles. The van der Waals surface area contributed by atoms with Crippen molar-refractivity contribution in [1.82, 2.24) is 14.7 Å². The summed E-state index contributed by atoms with van der Waals surface area (Å²) in [5, 5.41) is 8.65. The summed E-state index contributed by atoms with van der Waals surface area (Å²) in [6, 6.07) is -0.578. The van der Waals surface area contributed by atoms with Gasteiger partial charge < -0.3 is 14.9 Å². The maximum absolute atomic E-state index is 12.4. The van der Waals surface area contributed by atoms with Crippen LogP contribution in [-0.2, 0) is 4.79 Å². The molecule has 0 radical (unpaired) electrons. The molecule has 1 fully saturated rings. The van der Waals surface area contributed by atoms with Gasteiger partial charge in [0.05, 0.1) is 0 Å². The highest BCUT2D eigenvalue weighted by atomic mass is 19.4. The molecule has 0 bridgehead atoms. The number of nitrogens with zero attached hydrogens (tertiary/aromatic N) is 3. The normalized spacial score (nSPS) is 17.1. The van der Waals surface area contributed by atoms with Crippen LogP contribution in [0.1, 0.15) is 13.8 Å². The lowest BCUT2D eigenvalue weighted by atomic mass is 10.2. The predicted molar refractivity (Wildman–Crippen MR) is 68.9 cm³/mol. The van der Waals surface area contributed by atoms with Gasteiger partial charge in [0.15, 0.2) is 0 Å². The number of piperazine rings is 1. The number of alkyl halides is 3. The summed E-state index contributed by atoms with van der Waals surface area (Å²) in [5.41, 5.74) is 0. The van der Waals surface area contributed by atoms with Gasteiger partial charge in [-0.15, -0.1) is 0 Å². The highest BCUT2D eigenvalue weighted by Gasteiger charge is 2.36. The van der Waals surface area contributed by atoms with Crippen LogP contribution in [0.3, 0.4) is 0 Å². The van der Waals surface area contributed by atoms with Gasteiger partial charge >= 0.3 is 18.2 Å². The van der Waals surface area contributed by atoms with Crippen LogP contribution >= 0.6 is 0 Å². The Hall–Kier alpha value is -1.51. The summed E-state index contributed by atoms with van der Waals surface area (Å²) in [5.74, 6) is -1.46. The molecule has 0 saturated carbocycles. The molecule has 0 atom stereocenters. The van der Waals surface area contributed by atoms with E-state index in [0.29, 0.717) is 37.1 Å². The van der Waals surface area contributed by atoms with Crippen LogP contribution in [0.25, 0.3) is 0 Å². The van der Waals surface area contributed by atoms with E-state index >= 15 is 0 Å². The van der Waals surface area contributed by atoms with Crippen molar-refractivity contribution in [2.45, 2.75) is 26.1 Å². The molecule has 1 aliphatic rings. The SMILES string of the molecule is CC(C)N1CCN(C(=O)N(CC(=O)O)CC(F)(F)F)CC1. The number of hydrogen-bond donors (Lipinski definition) is 1. The lowest BCUT2D eigenvalue weighted by molar-refractivity contribution is -0.150. The van der Waals surface area contributed by atoms with E-state index in [4.69, 9.17) is 5.11 Å². The van der Waals surface area contributed by atoms with E-state index in [1.807, 2.05) is 13.8 Å². The molecule has 1 aliphatic heterocycles. The first-order valence-corrected chi connectivity index (χ1v) is 6.66. The average molecular weight is 311 g/mol. The molecule has 1 rings (SSSR count). The predicted octanol–water partition coefficient (Wildman–Crippen LogP) is 1.08. The van der Waals surface area contributed by atoms with E-state index in [0.717, 1.165) is 0 Å². The topological polar surface area (TPSA) is 64.1 Å². The first kappa shape index (κ1) is 17.5. The first-order valence-electron chi connectivity index (χ1n) is 6.66. The van der Waals surface area contributed by atoms with Crippen LogP contribution < -0.4 is 0 Å². The minimum absolute atomic E-state index is 0.297. The Labute approximate surface area is 121 Å². The van der Waals surface area contributed by atoms with Gasteiger partial charge in [-0.1, -0.05) is 0 Å². The van der Waals surface area contributed by atoms with Crippen molar-refractivity contribution < 1.29 is 27.9 Å². The van der Waals surface area contributed by atoms with Gasteiger partial charge in [0, 0.05) is 32.2 Å². The maximum Gasteiger partial charge on any atom is 0.406 e. The van der Waals surface area contributed by atoms with Crippen LogP contribution in [0, 0.1) is 0 Å². The Morgan fingerprint density at radius 2 is 1.71 bits per heavy atom. The monoisotopic (exact) mass is 311 g/mol. The van der Waals surface area contributed by atoms with E-state index in [1.54, 1.807) is 0 Å². The molecule has 21 heavy (non-hydrogen) atoms. The molecule has 0 aliphatic carbocycles. The van der Waals surface area contributed by atoms with Gasteiger partial charge in [0.25, 0.3) is 0 Å². The van der Waals surface area contributed by atoms with Crippen LogP contribution in [0.2, 0.25) is 0 Å². The van der Waals surface area contributed by atoms with Crippen molar-refractivity contribution in [3.8, 4) is 0 Å². The van der Waals surface area contributed by atoms with Crippen molar-refractivity contribution in [3.05, 3.63) is 0 Å². The van der Waals surface area contributed by atoms with Crippen molar-refractivity contribution in [2.24, 2.45) is 0 Å². The van der Waals surface area contributed by atoms with Crippen molar-refractivity contribution in [3.63, 3.8) is 0 Å².